The topological polar surface area (TPSA) is 86.7 Å². The molecular weight excluding hydrogens is 284 g/mol. The maximum atomic E-state index is 12.4. The summed E-state index contributed by atoms with van der Waals surface area (Å²) in [7, 11) is 0. The van der Waals surface area contributed by atoms with Crippen LogP contribution in [0, 0.1) is 0 Å². The first-order chi connectivity index (χ1) is 10.5. The van der Waals surface area contributed by atoms with Gasteiger partial charge in [0.1, 0.15) is 6.54 Å². The summed E-state index contributed by atoms with van der Waals surface area (Å²) in [4.78, 5) is 36.6. The maximum Gasteiger partial charge on any atom is 0.323 e. The Kier molecular flexibility index (Phi) is 3.83. The molecule has 2 aliphatic carbocycles. The van der Waals surface area contributed by atoms with Crippen LogP contribution in [0.1, 0.15) is 46.4 Å². The van der Waals surface area contributed by atoms with Crippen LogP contribution in [0.15, 0.2) is 24.3 Å². The number of carboxylic acids is 1. The number of hydrogen-bond donors (Lipinski definition) is 2. The molecule has 0 radical (unpaired) electrons. The molecule has 0 saturated heterocycles. The Morgan fingerprint density at radius 2 is 1.64 bits per heavy atom. The largest absolute Gasteiger partial charge is 0.480 e. The fourth-order valence-electron chi connectivity index (χ4n) is 2.33. The van der Waals surface area contributed by atoms with Gasteiger partial charge in [-0.3, -0.25) is 14.4 Å². The number of carbonyl (C=O) groups is 3. The summed E-state index contributed by atoms with van der Waals surface area (Å²) in [5, 5.41) is 11.8. The molecule has 1 aromatic rings. The van der Waals surface area contributed by atoms with Crippen LogP contribution in [0.2, 0.25) is 0 Å². The zero-order valence-corrected chi connectivity index (χ0v) is 12.1. The summed E-state index contributed by atoms with van der Waals surface area (Å²) in [6, 6.07) is 6.70. The lowest BCUT2D eigenvalue weighted by atomic mass is 10.1. The van der Waals surface area contributed by atoms with Crippen molar-refractivity contribution in [2.24, 2.45) is 0 Å². The van der Waals surface area contributed by atoms with E-state index in [2.05, 4.69) is 5.32 Å². The van der Waals surface area contributed by atoms with E-state index in [4.69, 9.17) is 5.11 Å². The molecule has 2 N–H and O–H groups in total. The third-order valence-electron chi connectivity index (χ3n) is 3.86. The maximum absolute atomic E-state index is 12.4. The van der Waals surface area contributed by atoms with Gasteiger partial charge >= 0.3 is 5.97 Å². The van der Waals surface area contributed by atoms with Crippen molar-refractivity contribution in [3.63, 3.8) is 0 Å². The van der Waals surface area contributed by atoms with E-state index in [0.29, 0.717) is 11.1 Å². The van der Waals surface area contributed by atoms with Gasteiger partial charge in [0, 0.05) is 23.2 Å². The summed E-state index contributed by atoms with van der Waals surface area (Å²) in [5.41, 5.74) is 0.927. The molecule has 2 saturated carbocycles. The number of hydrogen-bond acceptors (Lipinski definition) is 3. The average molecular weight is 302 g/mol. The van der Waals surface area contributed by atoms with Crippen LogP contribution in [-0.2, 0) is 4.79 Å². The highest BCUT2D eigenvalue weighted by molar-refractivity contribution is 5.99. The molecule has 0 heterocycles. The Morgan fingerprint density at radius 1 is 1.05 bits per heavy atom. The minimum atomic E-state index is -1.01. The van der Waals surface area contributed by atoms with Crippen molar-refractivity contribution in [2.45, 2.75) is 37.8 Å². The van der Waals surface area contributed by atoms with Gasteiger partial charge in [-0.15, -0.1) is 0 Å². The number of nitrogens with one attached hydrogen (secondary N) is 1. The molecule has 6 heteroatoms. The number of aliphatic carboxylic acids is 1. The van der Waals surface area contributed by atoms with Crippen LogP contribution in [0.5, 0.6) is 0 Å². The molecule has 0 atom stereocenters. The second kappa shape index (κ2) is 5.79. The van der Waals surface area contributed by atoms with E-state index in [1.54, 1.807) is 24.3 Å². The highest BCUT2D eigenvalue weighted by atomic mass is 16.4. The second-order valence-electron chi connectivity index (χ2n) is 5.88. The van der Waals surface area contributed by atoms with Crippen LogP contribution in [0.4, 0.5) is 0 Å². The summed E-state index contributed by atoms with van der Waals surface area (Å²) >= 11 is 0. The zero-order valence-electron chi connectivity index (χ0n) is 12.1. The average Bonchev–Trinajstić information content (AvgIpc) is 3.37. The molecule has 0 bridgehead atoms. The molecule has 0 spiro atoms. The number of nitrogens with zero attached hydrogens (tertiary/aromatic N) is 1. The fourth-order valence-corrected chi connectivity index (χ4v) is 2.33. The number of amides is 2. The van der Waals surface area contributed by atoms with Gasteiger partial charge in [0.2, 0.25) is 0 Å². The van der Waals surface area contributed by atoms with Crippen LogP contribution in [-0.4, -0.2) is 46.4 Å². The fraction of sp³-hybridized carbons (Fsp3) is 0.438. The third kappa shape index (κ3) is 3.44. The molecule has 0 aromatic heterocycles. The van der Waals surface area contributed by atoms with Gasteiger partial charge in [-0.05, 0) is 49.9 Å². The standard InChI is InChI=1S/C16H18N2O4/c19-14(20)9-18(13-7-8-13)16(22)11-3-1-10(2-4-11)15(21)17-12-5-6-12/h1-4,12-13H,5-9H2,(H,17,21)(H,19,20). The third-order valence-corrected chi connectivity index (χ3v) is 3.86. The number of carbonyl (C=O) groups excluding carboxylic acids is 2. The summed E-state index contributed by atoms with van der Waals surface area (Å²) in [6.07, 6.45) is 3.74. The minimum Gasteiger partial charge on any atom is -0.480 e. The monoisotopic (exact) mass is 302 g/mol. The molecule has 3 rings (SSSR count). The SMILES string of the molecule is O=C(O)CN(C(=O)c1ccc(C(=O)NC2CC2)cc1)C1CC1. The first-order valence-corrected chi connectivity index (χ1v) is 7.48. The van der Waals surface area contributed by atoms with Gasteiger partial charge in [-0.2, -0.15) is 0 Å². The van der Waals surface area contributed by atoms with Gasteiger partial charge in [-0.1, -0.05) is 0 Å². The molecular formula is C16H18N2O4. The molecule has 0 unspecified atom stereocenters. The molecule has 22 heavy (non-hydrogen) atoms. The van der Waals surface area contributed by atoms with E-state index in [9.17, 15) is 14.4 Å². The van der Waals surface area contributed by atoms with Gasteiger partial charge in [-0.25, -0.2) is 0 Å². The van der Waals surface area contributed by atoms with E-state index < -0.39 is 5.97 Å². The van der Waals surface area contributed by atoms with Crippen LogP contribution >= 0.6 is 0 Å². The Hall–Kier alpha value is -2.37. The Labute approximate surface area is 128 Å². The van der Waals surface area contributed by atoms with Gasteiger partial charge in [0.05, 0.1) is 0 Å². The molecule has 2 fully saturated rings. The molecule has 2 aliphatic rings. The lowest BCUT2D eigenvalue weighted by Gasteiger charge is -2.20. The quantitative estimate of drug-likeness (QED) is 0.828. The minimum absolute atomic E-state index is 0.0291. The Morgan fingerprint density at radius 3 is 2.14 bits per heavy atom. The molecule has 0 aliphatic heterocycles. The zero-order chi connectivity index (χ0) is 15.7. The number of rotatable bonds is 6. The van der Waals surface area contributed by atoms with E-state index in [1.165, 1.54) is 4.90 Å². The summed E-state index contributed by atoms with van der Waals surface area (Å²) < 4.78 is 0. The number of benzene rings is 1. The van der Waals surface area contributed by atoms with E-state index in [-0.39, 0.29) is 30.4 Å². The van der Waals surface area contributed by atoms with E-state index >= 15 is 0 Å². The van der Waals surface area contributed by atoms with Crippen molar-refractivity contribution < 1.29 is 19.5 Å². The van der Waals surface area contributed by atoms with Crippen molar-refractivity contribution in [1.82, 2.24) is 10.2 Å². The van der Waals surface area contributed by atoms with Crippen molar-refractivity contribution >= 4 is 17.8 Å². The van der Waals surface area contributed by atoms with Crippen molar-refractivity contribution in [3.05, 3.63) is 35.4 Å². The van der Waals surface area contributed by atoms with Gasteiger partial charge in [0.25, 0.3) is 11.8 Å². The number of carboxylic acid groups (broad SMARTS) is 1. The summed E-state index contributed by atoms with van der Waals surface area (Å²) in [6.45, 7) is -0.284. The Balaban J connectivity index is 1.69. The van der Waals surface area contributed by atoms with Gasteiger partial charge < -0.3 is 15.3 Å². The lowest BCUT2D eigenvalue weighted by molar-refractivity contribution is -0.137. The predicted octanol–water partition coefficient (Wildman–Crippen LogP) is 1.27. The molecule has 6 nitrogen and oxygen atoms in total. The normalized spacial score (nSPS) is 16.9. The van der Waals surface area contributed by atoms with E-state index in [0.717, 1.165) is 25.7 Å². The summed E-state index contributed by atoms with van der Waals surface area (Å²) in [5.74, 6) is -1.44. The second-order valence-corrected chi connectivity index (χ2v) is 5.88. The van der Waals surface area contributed by atoms with Crippen molar-refractivity contribution in [1.29, 1.82) is 0 Å². The van der Waals surface area contributed by atoms with Crippen molar-refractivity contribution in [3.8, 4) is 0 Å². The first-order valence-electron chi connectivity index (χ1n) is 7.48. The highest BCUT2D eigenvalue weighted by Gasteiger charge is 2.34. The lowest BCUT2D eigenvalue weighted by Crippen LogP contribution is -2.37. The first kappa shape index (κ1) is 14.6. The highest BCUT2D eigenvalue weighted by Crippen LogP contribution is 2.28. The Bertz CT molecular complexity index is 603. The van der Waals surface area contributed by atoms with Crippen molar-refractivity contribution in [2.75, 3.05) is 6.54 Å². The van der Waals surface area contributed by atoms with Crippen LogP contribution in [0.25, 0.3) is 0 Å². The predicted molar refractivity (Wildman–Crippen MR) is 78.6 cm³/mol. The van der Waals surface area contributed by atoms with Crippen LogP contribution in [0.3, 0.4) is 0 Å². The smallest absolute Gasteiger partial charge is 0.323 e. The molecule has 1 aromatic carbocycles. The molecule has 2 amide bonds. The van der Waals surface area contributed by atoms with Gasteiger partial charge in [0.15, 0.2) is 0 Å². The van der Waals surface area contributed by atoms with Crippen LogP contribution < -0.4 is 5.32 Å². The van der Waals surface area contributed by atoms with E-state index in [1.807, 2.05) is 0 Å². The molecule has 116 valence electrons.